The molecule has 0 atom stereocenters. The first kappa shape index (κ1) is 11.3. The van der Waals surface area contributed by atoms with Crippen molar-refractivity contribution in [3.8, 4) is 0 Å². The third-order valence-electron chi connectivity index (χ3n) is 1.32. The fourth-order valence-electron chi connectivity index (χ4n) is 0.776. The summed E-state index contributed by atoms with van der Waals surface area (Å²) in [6.45, 7) is -0.489. The molecule has 0 N–H and O–H groups in total. The van der Waals surface area contributed by atoms with E-state index < -0.39 is 13.0 Å². The lowest BCUT2D eigenvalue weighted by Crippen LogP contribution is -2.26. The van der Waals surface area contributed by atoms with E-state index in [0.717, 1.165) is 4.90 Å². The first-order valence-electron chi connectivity index (χ1n) is 3.55. The Kier molecular flexibility index (Phi) is 3.77. The molecule has 0 saturated heterocycles. The van der Waals surface area contributed by atoms with Crippen LogP contribution in [0.2, 0.25) is 10.6 Å². The number of halogens is 4. The normalized spacial score (nSPS) is 10.7. The Morgan fingerprint density at radius 3 is 2.14 bits per heavy atom. The highest BCUT2D eigenvalue weighted by atomic mass is 35.5. The molecule has 0 aliphatic heterocycles. The van der Waals surface area contributed by atoms with Crippen LogP contribution in [0.4, 0.5) is 14.7 Å². The summed E-state index contributed by atoms with van der Waals surface area (Å²) in [5.41, 5.74) is 0. The van der Waals surface area contributed by atoms with Crippen molar-refractivity contribution in [2.45, 2.75) is 6.43 Å². The highest BCUT2D eigenvalue weighted by Gasteiger charge is 2.12. The van der Waals surface area contributed by atoms with Gasteiger partial charge in [-0.1, -0.05) is 0 Å². The first-order chi connectivity index (χ1) is 6.49. The van der Waals surface area contributed by atoms with Crippen LogP contribution < -0.4 is 4.90 Å². The van der Waals surface area contributed by atoms with Gasteiger partial charge < -0.3 is 4.90 Å². The summed E-state index contributed by atoms with van der Waals surface area (Å²) < 4.78 is 24.0. The molecule has 0 bridgehead atoms. The van der Waals surface area contributed by atoms with Crippen molar-refractivity contribution < 1.29 is 8.78 Å². The second-order valence-electron chi connectivity index (χ2n) is 2.45. The van der Waals surface area contributed by atoms with Gasteiger partial charge in [-0.3, -0.25) is 0 Å². The molecular weight excluding hydrogens is 237 g/mol. The molecular formula is C6H6Cl2F2N4. The summed E-state index contributed by atoms with van der Waals surface area (Å²) in [5, 5.41) is -0.248. The van der Waals surface area contributed by atoms with Gasteiger partial charge in [0.1, 0.15) is 0 Å². The molecule has 1 rings (SSSR count). The van der Waals surface area contributed by atoms with Gasteiger partial charge in [0.15, 0.2) is 0 Å². The molecule has 0 aromatic carbocycles. The summed E-state index contributed by atoms with van der Waals surface area (Å²) in [7, 11) is 1.41. The van der Waals surface area contributed by atoms with E-state index in [4.69, 9.17) is 23.2 Å². The van der Waals surface area contributed by atoms with E-state index in [9.17, 15) is 8.78 Å². The lowest BCUT2D eigenvalue weighted by atomic mass is 10.6. The van der Waals surface area contributed by atoms with Crippen LogP contribution in [-0.2, 0) is 0 Å². The molecule has 0 aliphatic carbocycles. The molecule has 0 amide bonds. The number of rotatable bonds is 3. The summed E-state index contributed by atoms with van der Waals surface area (Å²) in [4.78, 5) is 11.9. The van der Waals surface area contributed by atoms with E-state index >= 15 is 0 Å². The smallest absolute Gasteiger partial charge is 0.255 e. The van der Waals surface area contributed by atoms with Gasteiger partial charge in [-0.15, -0.1) is 0 Å². The van der Waals surface area contributed by atoms with Crippen molar-refractivity contribution in [1.29, 1.82) is 0 Å². The number of alkyl halides is 2. The summed E-state index contributed by atoms with van der Waals surface area (Å²) in [5.74, 6) is 0.0234. The molecule has 8 heteroatoms. The Balaban J connectivity index is 2.84. The molecule has 0 radical (unpaired) electrons. The van der Waals surface area contributed by atoms with Gasteiger partial charge in [-0.25, -0.2) is 8.78 Å². The van der Waals surface area contributed by atoms with E-state index in [2.05, 4.69) is 15.0 Å². The van der Waals surface area contributed by atoms with Gasteiger partial charge in [0.25, 0.3) is 6.43 Å². The number of hydrogen-bond acceptors (Lipinski definition) is 4. The third kappa shape index (κ3) is 3.19. The molecule has 1 heterocycles. The third-order valence-corrected chi connectivity index (χ3v) is 1.66. The molecule has 1 aromatic rings. The van der Waals surface area contributed by atoms with Gasteiger partial charge in [-0.05, 0) is 23.2 Å². The van der Waals surface area contributed by atoms with Gasteiger partial charge in [0.2, 0.25) is 16.5 Å². The number of nitrogens with zero attached hydrogens (tertiary/aromatic N) is 4. The van der Waals surface area contributed by atoms with Crippen molar-refractivity contribution in [2.24, 2.45) is 0 Å². The van der Waals surface area contributed by atoms with Crippen LogP contribution in [0.3, 0.4) is 0 Å². The maximum atomic E-state index is 12.0. The second kappa shape index (κ2) is 4.65. The molecule has 14 heavy (non-hydrogen) atoms. The Morgan fingerprint density at radius 1 is 1.21 bits per heavy atom. The molecule has 0 unspecified atom stereocenters. The van der Waals surface area contributed by atoms with Crippen molar-refractivity contribution in [2.75, 3.05) is 18.5 Å². The van der Waals surface area contributed by atoms with E-state index in [0.29, 0.717) is 0 Å². The first-order valence-corrected chi connectivity index (χ1v) is 4.31. The largest absolute Gasteiger partial charge is 0.338 e. The van der Waals surface area contributed by atoms with Crippen LogP contribution in [0.1, 0.15) is 0 Å². The molecule has 0 fully saturated rings. The fraction of sp³-hybridized carbons (Fsp3) is 0.500. The maximum absolute atomic E-state index is 12.0. The monoisotopic (exact) mass is 242 g/mol. The topological polar surface area (TPSA) is 41.9 Å². The molecule has 0 spiro atoms. The Morgan fingerprint density at radius 2 is 1.71 bits per heavy atom. The van der Waals surface area contributed by atoms with Crippen molar-refractivity contribution in [3.63, 3.8) is 0 Å². The van der Waals surface area contributed by atoms with E-state index in [1.54, 1.807) is 0 Å². The zero-order chi connectivity index (χ0) is 10.7. The minimum Gasteiger partial charge on any atom is -0.338 e. The summed E-state index contributed by atoms with van der Waals surface area (Å²) >= 11 is 10.9. The van der Waals surface area contributed by atoms with E-state index in [1.807, 2.05) is 0 Å². The predicted molar refractivity (Wildman–Crippen MR) is 49.1 cm³/mol. The molecule has 4 nitrogen and oxygen atoms in total. The quantitative estimate of drug-likeness (QED) is 0.812. The lowest BCUT2D eigenvalue weighted by Gasteiger charge is -2.15. The van der Waals surface area contributed by atoms with Gasteiger partial charge in [0, 0.05) is 7.05 Å². The zero-order valence-corrected chi connectivity index (χ0v) is 8.60. The van der Waals surface area contributed by atoms with Crippen LogP contribution in [0, 0.1) is 0 Å². The van der Waals surface area contributed by atoms with E-state index in [-0.39, 0.29) is 16.5 Å². The average molecular weight is 243 g/mol. The number of hydrogen-bond donors (Lipinski definition) is 0. The molecule has 1 aromatic heterocycles. The van der Waals surface area contributed by atoms with Gasteiger partial charge >= 0.3 is 0 Å². The number of aromatic nitrogens is 3. The SMILES string of the molecule is CN(CC(F)F)c1nc(Cl)nc(Cl)n1. The average Bonchev–Trinajstić information content (AvgIpc) is 2.00. The summed E-state index contributed by atoms with van der Waals surface area (Å²) in [6, 6.07) is 0. The van der Waals surface area contributed by atoms with Crippen LogP contribution in [0.5, 0.6) is 0 Å². The Bertz CT molecular complexity index is 302. The highest BCUT2D eigenvalue weighted by Crippen LogP contribution is 2.13. The number of anilines is 1. The van der Waals surface area contributed by atoms with Crippen molar-refractivity contribution in [3.05, 3.63) is 10.6 Å². The summed E-state index contributed by atoms with van der Waals surface area (Å²) in [6.07, 6.45) is -2.48. The molecule has 0 aliphatic rings. The fourth-order valence-corrected chi connectivity index (χ4v) is 1.13. The minimum atomic E-state index is -2.48. The van der Waals surface area contributed by atoms with E-state index in [1.165, 1.54) is 7.05 Å². The maximum Gasteiger partial charge on any atom is 0.255 e. The second-order valence-corrected chi connectivity index (χ2v) is 3.12. The van der Waals surface area contributed by atoms with Crippen molar-refractivity contribution >= 4 is 29.2 Å². The lowest BCUT2D eigenvalue weighted by molar-refractivity contribution is 0.156. The van der Waals surface area contributed by atoms with Crippen molar-refractivity contribution in [1.82, 2.24) is 15.0 Å². The van der Waals surface area contributed by atoms with Crippen LogP contribution in [-0.4, -0.2) is 35.0 Å². The Labute approximate surface area is 88.9 Å². The van der Waals surface area contributed by atoms with Gasteiger partial charge in [-0.2, -0.15) is 15.0 Å². The van der Waals surface area contributed by atoms with Crippen LogP contribution in [0.25, 0.3) is 0 Å². The minimum absolute atomic E-state index is 0.0234. The highest BCUT2D eigenvalue weighted by molar-refractivity contribution is 6.31. The van der Waals surface area contributed by atoms with Gasteiger partial charge in [0.05, 0.1) is 6.54 Å². The Hall–Kier alpha value is -0.750. The predicted octanol–water partition coefficient (Wildman–Crippen LogP) is 1.88. The standard InChI is InChI=1S/C6H6Cl2F2N4/c1-14(2-3(9)10)6-12-4(7)11-5(8)13-6/h3H,2H2,1H3. The molecule has 78 valence electrons. The van der Waals surface area contributed by atoms with Crippen LogP contribution in [0.15, 0.2) is 0 Å². The zero-order valence-electron chi connectivity index (χ0n) is 7.09. The molecule has 0 saturated carbocycles. The van der Waals surface area contributed by atoms with Crippen LogP contribution >= 0.6 is 23.2 Å².